The third-order valence-electron chi connectivity index (χ3n) is 3.78. The summed E-state index contributed by atoms with van der Waals surface area (Å²) in [7, 11) is 0. The number of hydrogen-bond donors (Lipinski definition) is 1. The third kappa shape index (κ3) is 4.90. The number of furan rings is 1. The molecule has 1 atom stereocenters. The Morgan fingerprint density at radius 3 is 2.72 bits per heavy atom. The maximum Gasteiger partial charge on any atom is 0.449 e. The Morgan fingerprint density at radius 2 is 2.08 bits per heavy atom. The molecule has 1 fully saturated rings. The first-order valence-electron chi connectivity index (χ1n) is 7.81. The molecular formula is C17H17ClF3NO3. The minimum atomic E-state index is -4.51. The van der Waals surface area contributed by atoms with Crippen molar-refractivity contribution in [1.29, 1.82) is 0 Å². The van der Waals surface area contributed by atoms with Gasteiger partial charge in [0, 0.05) is 13.1 Å². The number of nitrogens with one attached hydrogen (secondary N) is 1. The second kappa shape index (κ2) is 7.68. The fourth-order valence-electron chi connectivity index (χ4n) is 2.56. The van der Waals surface area contributed by atoms with Gasteiger partial charge in [-0.15, -0.1) is 0 Å². The first kappa shape index (κ1) is 18.1. The van der Waals surface area contributed by atoms with E-state index in [0.29, 0.717) is 17.4 Å². The molecule has 0 saturated carbocycles. The van der Waals surface area contributed by atoms with Crippen LogP contribution in [0.1, 0.15) is 17.1 Å². The summed E-state index contributed by atoms with van der Waals surface area (Å²) in [5.41, 5.74) is 1.00. The fourth-order valence-corrected chi connectivity index (χ4v) is 2.82. The standard InChI is InChI=1S/C17H17ClF3NO3/c18-14-8-11(7-13-9-22-5-6-23-13)1-3-15(14)24-10-12-2-4-16(25-12)17(19,20)21/h1-4,8,13,22H,5-7,9-10H2. The van der Waals surface area contributed by atoms with Gasteiger partial charge in [0.2, 0.25) is 5.76 Å². The quantitative estimate of drug-likeness (QED) is 0.855. The van der Waals surface area contributed by atoms with Gasteiger partial charge < -0.3 is 19.2 Å². The summed E-state index contributed by atoms with van der Waals surface area (Å²) in [4.78, 5) is 0. The van der Waals surface area contributed by atoms with E-state index in [-0.39, 0.29) is 18.5 Å². The van der Waals surface area contributed by atoms with Crippen molar-refractivity contribution >= 4 is 11.6 Å². The molecule has 1 aromatic heterocycles. The Kier molecular flexibility index (Phi) is 5.56. The second-order valence-electron chi connectivity index (χ2n) is 5.72. The normalized spacial score (nSPS) is 18.3. The van der Waals surface area contributed by atoms with Crippen molar-refractivity contribution in [3.63, 3.8) is 0 Å². The van der Waals surface area contributed by atoms with Gasteiger partial charge in [0.15, 0.2) is 0 Å². The smallest absolute Gasteiger partial charge is 0.449 e. The first-order chi connectivity index (χ1) is 11.9. The number of benzene rings is 1. The van der Waals surface area contributed by atoms with E-state index in [1.807, 2.05) is 6.07 Å². The van der Waals surface area contributed by atoms with Gasteiger partial charge in [-0.3, -0.25) is 0 Å². The first-order valence-corrected chi connectivity index (χ1v) is 8.19. The molecule has 1 aliphatic rings. The number of hydrogen-bond acceptors (Lipinski definition) is 4. The van der Waals surface area contributed by atoms with Crippen LogP contribution in [0.2, 0.25) is 5.02 Å². The van der Waals surface area contributed by atoms with Crippen LogP contribution in [0.25, 0.3) is 0 Å². The summed E-state index contributed by atoms with van der Waals surface area (Å²) < 4.78 is 53.3. The molecule has 3 rings (SSSR count). The lowest BCUT2D eigenvalue weighted by atomic mass is 10.1. The van der Waals surface area contributed by atoms with Crippen LogP contribution >= 0.6 is 11.6 Å². The van der Waals surface area contributed by atoms with Crippen molar-refractivity contribution < 1.29 is 27.1 Å². The maximum absolute atomic E-state index is 12.5. The van der Waals surface area contributed by atoms with Crippen LogP contribution in [-0.2, 0) is 23.9 Å². The van der Waals surface area contributed by atoms with Crippen LogP contribution in [0.3, 0.4) is 0 Å². The van der Waals surface area contributed by atoms with Crippen LogP contribution in [0, 0.1) is 0 Å². The predicted octanol–water partition coefficient (Wildman–Crippen LogP) is 4.06. The number of morpholine rings is 1. The summed E-state index contributed by atoms with van der Waals surface area (Å²) in [6.07, 6.45) is -3.69. The molecule has 0 spiro atoms. The van der Waals surface area contributed by atoms with E-state index >= 15 is 0 Å². The average Bonchev–Trinajstić information content (AvgIpc) is 3.04. The van der Waals surface area contributed by atoms with E-state index in [4.69, 9.17) is 25.5 Å². The van der Waals surface area contributed by atoms with Crippen molar-refractivity contribution in [3.05, 3.63) is 52.4 Å². The summed E-state index contributed by atoms with van der Waals surface area (Å²) >= 11 is 6.20. The number of ether oxygens (including phenoxy) is 2. The Labute approximate surface area is 147 Å². The van der Waals surface area contributed by atoms with E-state index in [2.05, 4.69) is 5.32 Å². The lowest BCUT2D eigenvalue weighted by molar-refractivity contribution is -0.153. The van der Waals surface area contributed by atoms with E-state index in [9.17, 15) is 13.2 Å². The summed E-state index contributed by atoms with van der Waals surface area (Å²) in [6.45, 7) is 2.19. The van der Waals surface area contributed by atoms with Gasteiger partial charge >= 0.3 is 6.18 Å². The highest BCUT2D eigenvalue weighted by molar-refractivity contribution is 6.32. The molecule has 1 N–H and O–H groups in total. The molecule has 4 nitrogen and oxygen atoms in total. The number of halogens is 4. The Hall–Kier alpha value is -1.70. The highest BCUT2D eigenvalue weighted by Crippen LogP contribution is 2.31. The highest BCUT2D eigenvalue weighted by Gasteiger charge is 2.34. The van der Waals surface area contributed by atoms with Gasteiger partial charge in [-0.1, -0.05) is 17.7 Å². The summed E-state index contributed by atoms with van der Waals surface area (Å²) in [5, 5.41) is 3.65. The number of rotatable bonds is 5. The minimum absolute atomic E-state index is 0.0779. The molecule has 1 unspecified atom stereocenters. The number of alkyl halides is 3. The van der Waals surface area contributed by atoms with Crippen molar-refractivity contribution in [2.45, 2.75) is 25.3 Å². The third-order valence-corrected chi connectivity index (χ3v) is 4.07. The molecule has 0 aliphatic carbocycles. The van der Waals surface area contributed by atoms with E-state index in [1.165, 1.54) is 6.07 Å². The van der Waals surface area contributed by atoms with E-state index < -0.39 is 11.9 Å². The van der Waals surface area contributed by atoms with Crippen LogP contribution in [0.15, 0.2) is 34.7 Å². The summed E-state index contributed by atoms with van der Waals surface area (Å²) in [5.74, 6) is -0.583. The molecule has 2 heterocycles. The SMILES string of the molecule is FC(F)(F)c1ccc(COc2ccc(CC3CNCCO3)cc2Cl)o1. The van der Waals surface area contributed by atoms with Crippen molar-refractivity contribution in [1.82, 2.24) is 5.32 Å². The molecule has 1 saturated heterocycles. The van der Waals surface area contributed by atoms with Crippen LogP contribution in [0.4, 0.5) is 13.2 Å². The van der Waals surface area contributed by atoms with Crippen LogP contribution < -0.4 is 10.1 Å². The lowest BCUT2D eigenvalue weighted by Gasteiger charge is -2.23. The zero-order chi connectivity index (χ0) is 17.9. The Morgan fingerprint density at radius 1 is 1.24 bits per heavy atom. The predicted molar refractivity (Wildman–Crippen MR) is 85.8 cm³/mol. The van der Waals surface area contributed by atoms with Crippen molar-refractivity contribution in [3.8, 4) is 5.75 Å². The van der Waals surface area contributed by atoms with Gasteiger partial charge in [0.1, 0.15) is 18.1 Å². The molecule has 1 aromatic carbocycles. The highest BCUT2D eigenvalue weighted by atomic mass is 35.5. The molecule has 2 aromatic rings. The van der Waals surface area contributed by atoms with Gasteiger partial charge in [0.05, 0.1) is 17.7 Å². The second-order valence-corrected chi connectivity index (χ2v) is 6.13. The fraction of sp³-hybridized carbons (Fsp3) is 0.412. The van der Waals surface area contributed by atoms with Gasteiger partial charge in [0.25, 0.3) is 0 Å². The van der Waals surface area contributed by atoms with Gasteiger partial charge in [-0.25, -0.2) is 0 Å². The molecule has 0 amide bonds. The molecule has 8 heteroatoms. The van der Waals surface area contributed by atoms with E-state index in [0.717, 1.165) is 31.1 Å². The Balaban J connectivity index is 1.58. The lowest BCUT2D eigenvalue weighted by Crippen LogP contribution is -2.39. The average molecular weight is 376 g/mol. The Bertz CT molecular complexity index is 711. The molecular weight excluding hydrogens is 359 g/mol. The zero-order valence-electron chi connectivity index (χ0n) is 13.2. The zero-order valence-corrected chi connectivity index (χ0v) is 14.0. The molecule has 1 aliphatic heterocycles. The topological polar surface area (TPSA) is 43.6 Å². The summed E-state index contributed by atoms with van der Waals surface area (Å²) in [6, 6.07) is 7.45. The van der Waals surface area contributed by atoms with Gasteiger partial charge in [-0.05, 0) is 36.2 Å². The molecule has 136 valence electrons. The largest absolute Gasteiger partial charge is 0.484 e. The molecule has 0 bridgehead atoms. The minimum Gasteiger partial charge on any atom is -0.484 e. The van der Waals surface area contributed by atoms with Crippen LogP contribution in [-0.4, -0.2) is 25.8 Å². The van der Waals surface area contributed by atoms with Crippen LogP contribution in [0.5, 0.6) is 5.75 Å². The monoisotopic (exact) mass is 375 g/mol. The van der Waals surface area contributed by atoms with Crippen molar-refractivity contribution in [2.24, 2.45) is 0 Å². The van der Waals surface area contributed by atoms with E-state index in [1.54, 1.807) is 12.1 Å². The maximum atomic E-state index is 12.5. The van der Waals surface area contributed by atoms with Crippen molar-refractivity contribution in [2.75, 3.05) is 19.7 Å². The molecule has 25 heavy (non-hydrogen) atoms. The van der Waals surface area contributed by atoms with Gasteiger partial charge in [-0.2, -0.15) is 13.2 Å². The molecule has 0 radical (unpaired) electrons.